The Morgan fingerprint density at radius 2 is 0.835 bits per heavy atom. The lowest BCUT2D eigenvalue weighted by molar-refractivity contribution is -0.0885. The molecule has 0 spiro atoms. The van der Waals surface area contributed by atoms with Gasteiger partial charge >= 0.3 is 0 Å². The number of benzene rings is 4. The fourth-order valence-corrected chi connectivity index (χ4v) is 13.5. The first-order chi connectivity index (χ1) is 47.8. The Kier molecular flexibility index (Phi) is 24.0. The highest BCUT2D eigenvalue weighted by Gasteiger charge is 2.62. The third kappa shape index (κ3) is 15.4. The molecule has 0 bridgehead atoms. The monoisotopic (exact) mass is 1480 g/mol. The molecule has 4 atom stereocenters. The van der Waals surface area contributed by atoms with Crippen LogP contribution >= 0.6 is 34.8 Å². The zero-order valence-electron chi connectivity index (χ0n) is 57.7. The molecule has 0 amide bonds. The molecule has 12 rings (SSSR count). The van der Waals surface area contributed by atoms with Crippen molar-refractivity contribution in [1.82, 2.24) is 20.0 Å². The minimum Gasteiger partial charge on any atom is -0.377 e. The van der Waals surface area contributed by atoms with Crippen molar-refractivity contribution in [3.05, 3.63) is 228 Å². The topological polar surface area (TPSA) is 161 Å². The fourth-order valence-electron chi connectivity index (χ4n) is 12.9. The zero-order valence-corrected chi connectivity index (χ0v) is 59.9. The minimum absolute atomic E-state index is 0. The maximum atomic E-state index is 15.2. The van der Waals surface area contributed by atoms with Gasteiger partial charge in [-0.2, -0.15) is 0 Å². The highest BCUT2D eigenvalue weighted by Crippen LogP contribution is 2.59. The Bertz CT molecular complexity index is 4540. The van der Waals surface area contributed by atoms with Crippen molar-refractivity contribution < 1.29 is 59.3 Å². The van der Waals surface area contributed by atoms with Gasteiger partial charge < -0.3 is 34.9 Å². The number of aromatic nitrogens is 3. The number of hydrogen-bond donors (Lipinski definition) is 4. The van der Waals surface area contributed by atoms with E-state index in [1.54, 1.807) is 107 Å². The molecule has 103 heavy (non-hydrogen) atoms. The molecule has 544 valence electrons. The van der Waals surface area contributed by atoms with Gasteiger partial charge in [0.05, 0.1) is 92.5 Å². The Hall–Kier alpha value is -8.74. The quantitative estimate of drug-likeness (QED) is 0.0536. The van der Waals surface area contributed by atoms with Gasteiger partial charge in [0.15, 0.2) is 22.9 Å². The van der Waals surface area contributed by atoms with Crippen LogP contribution in [0.2, 0.25) is 10.0 Å². The van der Waals surface area contributed by atoms with E-state index < -0.39 is 45.4 Å². The van der Waals surface area contributed by atoms with Gasteiger partial charge in [0.25, 0.3) is 23.7 Å². The third-order valence-electron chi connectivity index (χ3n) is 18.0. The molecule has 4 aromatic carbocycles. The maximum absolute atomic E-state index is 15.2. The molecule has 0 fully saturated rings. The van der Waals surface area contributed by atoms with E-state index in [-0.39, 0.29) is 108 Å². The molecule has 3 aromatic heterocycles. The molecule has 0 saturated carbocycles. The van der Waals surface area contributed by atoms with E-state index in [0.717, 1.165) is 27.7 Å². The number of ether oxygens (including phenoxy) is 4. The summed E-state index contributed by atoms with van der Waals surface area (Å²) in [4.78, 5) is 27.1. The van der Waals surface area contributed by atoms with Crippen LogP contribution in [0.3, 0.4) is 0 Å². The van der Waals surface area contributed by atoms with Crippen LogP contribution in [0.4, 0.5) is 92.4 Å². The molecule has 27 heteroatoms. The molecule has 16 nitrogen and oxygen atoms in total. The molecule has 5 aliphatic rings. The molecular formula is C76H78Cl3F8N11O5. The van der Waals surface area contributed by atoms with Crippen LogP contribution < -0.4 is 16.0 Å². The number of anilines is 6. The Labute approximate surface area is 609 Å². The zero-order chi connectivity index (χ0) is 74.9. The largest absolute Gasteiger partial charge is 0.377 e. The number of aliphatic imine (C=N–C) groups is 1. The maximum Gasteiger partial charge on any atom is 0.261 e. The number of pyridine rings is 3. The molecule has 5 aliphatic heterocycles. The number of halogens is 11. The van der Waals surface area contributed by atoms with Crippen molar-refractivity contribution in [2.24, 2.45) is 4.99 Å². The van der Waals surface area contributed by atoms with E-state index in [1.165, 1.54) is 54.9 Å². The van der Waals surface area contributed by atoms with Crippen molar-refractivity contribution in [2.45, 2.75) is 160 Å². The number of nitrogens with one attached hydrogen (secondary N) is 3. The Morgan fingerprint density at radius 1 is 0.476 bits per heavy atom. The van der Waals surface area contributed by atoms with E-state index in [9.17, 15) is 5.21 Å². The molecule has 4 unspecified atom stereocenters. The first-order valence-electron chi connectivity index (χ1n) is 32.2. The lowest BCUT2D eigenvalue weighted by Gasteiger charge is -2.45. The number of amidine groups is 1. The normalized spacial score (nSPS) is 19.6. The van der Waals surface area contributed by atoms with E-state index in [1.807, 2.05) is 27.7 Å². The van der Waals surface area contributed by atoms with Gasteiger partial charge in [-0.25, -0.2) is 74.7 Å². The van der Waals surface area contributed by atoms with Crippen molar-refractivity contribution in [3.63, 3.8) is 0 Å². The second-order valence-electron chi connectivity index (χ2n) is 26.4. The highest BCUT2D eigenvalue weighted by molar-refractivity contribution is 6.32. The van der Waals surface area contributed by atoms with Gasteiger partial charge in [-0.3, -0.25) is 5.21 Å². The van der Waals surface area contributed by atoms with Gasteiger partial charge in [-0.05, 0) is 144 Å². The second kappa shape index (κ2) is 30.9. The van der Waals surface area contributed by atoms with E-state index >= 15 is 35.1 Å². The first-order valence-corrected chi connectivity index (χ1v) is 33.4. The van der Waals surface area contributed by atoms with Crippen molar-refractivity contribution in [2.75, 3.05) is 42.4 Å². The predicted molar refractivity (Wildman–Crippen MR) is 387 cm³/mol. The summed E-state index contributed by atoms with van der Waals surface area (Å²) in [5.74, 6) is -11.6. The van der Waals surface area contributed by atoms with Crippen molar-refractivity contribution in [1.29, 1.82) is 0 Å². The number of hydrogen-bond acceptors (Lipinski definition) is 13. The lowest BCUT2D eigenvalue weighted by Crippen LogP contribution is -2.54. The summed E-state index contributed by atoms with van der Waals surface area (Å²) in [5.41, 5.74) is -2.22. The average molecular weight is 1480 g/mol. The van der Waals surface area contributed by atoms with Gasteiger partial charge in [0, 0.05) is 90.6 Å². The summed E-state index contributed by atoms with van der Waals surface area (Å²) in [7, 11) is 0. The van der Waals surface area contributed by atoms with Crippen molar-refractivity contribution in [3.8, 4) is 0 Å². The van der Waals surface area contributed by atoms with Crippen LogP contribution in [0.1, 0.15) is 129 Å². The first kappa shape index (κ1) is 80.0. The Balaban J connectivity index is 0.000000174. The number of allylic oxidation sites excluding steroid dienone is 2. The summed E-state index contributed by atoms with van der Waals surface area (Å²) in [6.07, 6.45) is 6.16. The van der Waals surface area contributed by atoms with Gasteiger partial charge in [0.2, 0.25) is 0 Å². The van der Waals surface area contributed by atoms with Crippen LogP contribution in [-0.4, -0.2) is 106 Å². The number of hydroxylamine groups is 2. The minimum atomic E-state index is -3.31. The van der Waals surface area contributed by atoms with Crippen molar-refractivity contribution >= 4 is 97.9 Å². The third-order valence-corrected chi connectivity index (χ3v) is 18.7. The summed E-state index contributed by atoms with van der Waals surface area (Å²) >= 11 is 18.2. The number of nitrogens with zero attached hydrogens (tertiary/aromatic N) is 8. The molecule has 8 heterocycles. The number of alkyl halides is 8. The van der Waals surface area contributed by atoms with Crippen LogP contribution in [0.25, 0.3) is 14.5 Å². The van der Waals surface area contributed by atoms with E-state index in [2.05, 4.69) is 50.4 Å². The predicted octanol–water partition coefficient (Wildman–Crippen LogP) is 21.9. The van der Waals surface area contributed by atoms with E-state index in [4.69, 9.17) is 73.5 Å². The van der Waals surface area contributed by atoms with Gasteiger partial charge in [0.1, 0.15) is 39.1 Å². The summed E-state index contributed by atoms with van der Waals surface area (Å²) < 4.78 is 144. The highest BCUT2D eigenvalue weighted by atomic mass is 35.5. The second-order valence-corrected chi connectivity index (χ2v) is 27.7. The molecule has 4 N–H and O–H groups in total. The molecular weight excluding hydrogens is 1410 g/mol. The van der Waals surface area contributed by atoms with Crippen LogP contribution in [0.15, 0.2) is 150 Å². The number of rotatable bonds is 16. The lowest BCUT2D eigenvalue weighted by atomic mass is 9.67. The van der Waals surface area contributed by atoms with Crippen LogP contribution in [0, 0.1) is 19.7 Å². The summed E-state index contributed by atoms with van der Waals surface area (Å²) in [5, 5.41) is 20.9. The molecule has 0 radical (unpaired) electrons. The molecule has 7 aromatic rings. The molecule has 0 aliphatic carbocycles. The van der Waals surface area contributed by atoms with Crippen LogP contribution in [0.5, 0.6) is 0 Å². The standard InChI is InChI=1S/C19H18ClF2N3O2.C19H18ClF2N3O.C19H19F2N3O.C18H19ClF2N2O.CH4/c1-11(2)27-10-19(18(3,21)22)14-8-13(23-4)5-6-16(14)24-17-15(19)7-12(20)9-25(17)26;1-11(2)26-10-19(18(3,21)22)14-8-13(23-4)5-6-16(14)25-17-15(19)7-12(20)9-24-17;1-12(2)25-11-19(18(3,20)21)14-6-5-9-23-17(14)24-16-8-7-13(22-4)10-15(16)19;1-11(2)24-10-18(17(3,20)21)13-5-4-8-22-16(13)23-15-7-6-12(19)9-14(15)18;/h5-9,11,26H,10H2,1-3H3;5-9,11H,10H2,1-3H3,(H,24,25);5-10,12H,11H2,1-3H3,(H,23,24);4-9,11H,10H2,1-3H3,(H,22,23);1H4. The molecule has 0 saturated heterocycles. The summed E-state index contributed by atoms with van der Waals surface area (Å²) in [6.45, 7) is 38.5. The van der Waals surface area contributed by atoms with E-state index in [0.29, 0.717) is 78.1 Å². The number of fused-ring (bicyclic) bond motifs is 8. The fraction of sp³-hybridized carbons (Fsp3) is 0.382. The van der Waals surface area contributed by atoms with Gasteiger partial charge in [-0.15, -0.1) is 0 Å². The Morgan fingerprint density at radius 3 is 1.24 bits per heavy atom. The van der Waals surface area contributed by atoms with Crippen LogP contribution in [-0.2, 0) is 40.6 Å². The smallest absolute Gasteiger partial charge is 0.261 e. The summed E-state index contributed by atoms with van der Waals surface area (Å²) in [6, 6.07) is 26.9. The van der Waals surface area contributed by atoms with Gasteiger partial charge in [-0.1, -0.05) is 84.7 Å². The SMILES string of the molecule is C.CC(C)OCC1(C(C)(F)F)c2cc(Cl)ccc2Nc2ncccc21.[C-]#[N+]c1ccc2c(c1)C(COC(C)C)(C(C)(F)F)C1=CC(Cl)=CN(O)C1=N2.[C-]#[N+]c1ccc2c(c1)C(COC(C)C)(C(C)(F)F)c1cc(Cl)cnc1N2.[C-]#[N+]c1ccc2c(c1)C(COC(C)C)(C(C)(F)F)c1cccnc1N2. The average Bonchev–Trinajstić information content (AvgIpc) is 0.736.